The molecular weight excluding hydrogens is 385 g/mol. The maximum absolute atomic E-state index is 13.7. The van der Waals surface area contributed by atoms with Gasteiger partial charge in [0, 0.05) is 0 Å². The molecule has 2 N–H and O–H groups in total. The van der Waals surface area contributed by atoms with Gasteiger partial charge in [0.15, 0.2) is 18.2 Å². The van der Waals surface area contributed by atoms with Crippen molar-refractivity contribution < 1.29 is 33.0 Å². The molecular formula is C19H22FN3O6. The first kappa shape index (κ1) is 20.6. The van der Waals surface area contributed by atoms with Crippen LogP contribution >= 0.6 is 0 Å². The van der Waals surface area contributed by atoms with E-state index in [1.807, 2.05) is 0 Å². The van der Waals surface area contributed by atoms with Gasteiger partial charge in [-0.2, -0.15) is 5.01 Å². The molecule has 1 aliphatic carbocycles. The molecule has 3 rings (SSSR count). The zero-order valence-electron chi connectivity index (χ0n) is 16.0. The highest BCUT2D eigenvalue weighted by atomic mass is 19.1. The summed E-state index contributed by atoms with van der Waals surface area (Å²) in [5, 5.41) is 3.30. The molecule has 0 unspecified atom stereocenters. The zero-order chi connectivity index (χ0) is 21.0. The number of hydrazine groups is 1. The summed E-state index contributed by atoms with van der Waals surface area (Å²) in [7, 11) is 1.33. The van der Waals surface area contributed by atoms with Crippen LogP contribution in [0.2, 0.25) is 0 Å². The Morgan fingerprint density at radius 3 is 2.62 bits per heavy atom. The largest absolute Gasteiger partial charge is 0.494 e. The van der Waals surface area contributed by atoms with E-state index in [-0.39, 0.29) is 12.2 Å². The molecule has 10 heteroatoms. The van der Waals surface area contributed by atoms with Crippen molar-refractivity contribution in [1.82, 2.24) is 15.8 Å². The van der Waals surface area contributed by atoms with Crippen LogP contribution in [0.1, 0.15) is 37.7 Å². The first-order valence-electron chi connectivity index (χ1n) is 9.29. The fraction of sp³-hybridized carbons (Fsp3) is 0.474. The predicted octanol–water partition coefficient (Wildman–Crippen LogP) is 1.21. The van der Waals surface area contributed by atoms with E-state index in [0.717, 1.165) is 25.3 Å². The lowest BCUT2D eigenvalue weighted by Crippen LogP contribution is -2.51. The van der Waals surface area contributed by atoms with Crippen molar-refractivity contribution in [2.75, 3.05) is 13.7 Å². The van der Waals surface area contributed by atoms with E-state index in [1.54, 1.807) is 0 Å². The van der Waals surface area contributed by atoms with Gasteiger partial charge in [-0.3, -0.25) is 19.8 Å². The highest BCUT2D eigenvalue weighted by molar-refractivity contribution is 6.08. The molecule has 1 spiro atoms. The van der Waals surface area contributed by atoms with Crippen LogP contribution < -0.4 is 15.5 Å². The number of imide groups is 1. The molecule has 0 radical (unpaired) electrons. The van der Waals surface area contributed by atoms with Gasteiger partial charge in [0.25, 0.3) is 11.8 Å². The SMILES string of the molecule is COc1ccc(CC(=O)OCC(=O)NN2C(=O)NC3(CCCCC3)C2=O)cc1F. The Bertz CT molecular complexity index is 837. The minimum atomic E-state index is -0.961. The van der Waals surface area contributed by atoms with Crippen LogP contribution in [0.4, 0.5) is 9.18 Å². The van der Waals surface area contributed by atoms with Crippen molar-refractivity contribution >= 4 is 23.8 Å². The molecule has 1 aromatic rings. The van der Waals surface area contributed by atoms with Gasteiger partial charge in [-0.15, -0.1) is 0 Å². The third-order valence-corrected chi connectivity index (χ3v) is 5.03. The summed E-state index contributed by atoms with van der Waals surface area (Å²) >= 11 is 0. The topological polar surface area (TPSA) is 114 Å². The number of nitrogens with zero attached hydrogens (tertiary/aromatic N) is 1. The molecule has 2 fully saturated rings. The van der Waals surface area contributed by atoms with E-state index in [2.05, 4.69) is 10.7 Å². The van der Waals surface area contributed by atoms with Gasteiger partial charge in [-0.1, -0.05) is 25.3 Å². The van der Waals surface area contributed by atoms with Crippen molar-refractivity contribution in [3.05, 3.63) is 29.6 Å². The van der Waals surface area contributed by atoms with Crippen LogP contribution in [0.5, 0.6) is 5.75 Å². The second-order valence-corrected chi connectivity index (χ2v) is 7.05. The van der Waals surface area contributed by atoms with E-state index in [4.69, 9.17) is 9.47 Å². The average molecular weight is 407 g/mol. The van der Waals surface area contributed by atoms with Crippen LogP contribution in [0.15, 0.2) is 18.2 Å². The minimum absolute atomic E-state index is 0.0470. The smallest absolute Gasteiger partial charge is 0.344 e. The number of ether oxygens (including phenoxy) is 2. The average Bonchev–Trinajstić information content (AvgIpc) is 2.91. The lowest BCUT2D eigenvalue weighted by atomic mass is 9.82. The Morgan fingerprint density at radius 1 is 1.24 bits per heavy atom. The summed E-state index contributed by atoms with van der Waals surface area (Å²) in [6.45, 7) is -0.679. The number of halogens is 1. The maximum atomic E-state index is 13.7. The normalized spacial score (nSPS) is 17.8. The molecule has 9 nitrogen and oxygen atoms in total. The van der Waals surface area contributed by atoms with Crippen molar-refractivity contribution in [2.45, 2.75) is 44.1 Å². The van der Waals surface area contributed by atoms with Gasteiger partial charge < -0.3 is 14.8 Å². The quantitative estimate of drug-likeness (QED) is 0.541. The van der Waals surface area contributed by atoms with Crippen LogP contribution in [0.3, 0.4) is 0 Å². The first-order valence-corrected chi connectivity index (χ1v) is 9.29. The van der Waals surface area contributed by atoms with E-state index in [0.29, 0.717) is 23.4 Å². The van der Waals surface area contributed by atoms with Crippen molar-refractivity contribution in [3.8, 4) is 5.75 Å². The summed E-state index contributed by atoms with van der Waals surface area (Å²) in [5.74, 6) is -2.66. The summed E-state index contributed by atoms with van der Waals surface area (Å²) in [5.41, 5.74) is 1.56. The number of carbonyl (C=O) groups excluding carboxylic acids is 4. The fourth-order valence-corrected chi connectivity index (χ4v) is 3.56. The Hall–Kier alpha value is -3.17. The summed E-state index contributed by atoms with van der Waals surface area (Å²) < 4.78 is 23.3. The van der Waals surface area contributed by atoms with Gasteiger partial charge in [0.05, 0.1) is 13.5 Å². The molecule has 1 saturated carbocycles. The number of hydrogen-bond donors (Lipinski definition) is 2. The Balaban J connectivity index is 1.49. The van der Waals surface area contributed by atoms with Gasteiger partial charge in [0.1, 0.15) is 5.54 Å². The summed E-state index contributed by atoms with van der Waals surface area (Å²) in [6.07, 6.45) is 3.43. The summed E-state index contributed by atoms with van der Waals surface area (Å²) in [6, 6.07) is 3.31. The third-order valence-electron chi connectivity index (χ3n) is 5.03. The molecule has 0 bridgehead atoms. The number of methoxy groups -OCH3 is 1. The van der Waals surface area contributed by atoms with Crippen LogP contribution in [-0.4, -0.2) is 48.1 Å². The number of carbonyl (C=O) groups is 4. The molecule has 2 aliphatic rings. The number of urea groups is 1. The number of benzene rings is 1. The second kappa shape index (κ2) is 8.46. The Morgan fingerprint density at radius 2 is 1.97 bits per heavy atom. The van der Waals surface area contributed by atoms with E-state index in [1.165, 1.54) is 19.2 Å². The van der Waals surface area contributed by atoms with E-state index in [9.17, 15) is 23.6 Å². The van der Waals surface area contributed by atoms with Gasteiger partial charge >= 0.3 is 12.0 Å². The molecule has 156 valence electrons. The third kappa shape index (κ3) is 4.47. The van der Waals surface area contributed by atoms with Crippen LogP contribution in [-0.2, 0) is 25.5 Å². The van der Waals surface area contributed by atoms with Crippen molar-refractivity contribution in [1.29, 1.82) is 0 Å². The second-order valence-electron chi connectivity index (χ2n) is 7.05. The number of rotatable bonds is 6. The number of hydrogen-bond acceptors (Lipinski definition) is 6. The molecule has 0 atom stereocenters. The number of esters is 1. The molecule has 0 aromatic heterocycles. The highest BCUT2D eigenvalue weighted by Crippen LogP contribution is 2.32. The van der Waals surface area contributed by atoms with Gasteiger partial charge in [-0.25, -0.2) is 9.18 Å². The number of amides is 4. The van der Waals surface area contributed by atoms with E-state index >= 15 is 0 Å². The minimum Gasteiger partial charge on any atom is -0.494 e. The molecule has 1 saturated heterocycles. The molecule has 29 heavy (non-hydrogen) atoms. The lowest BCUT2D eigenvalue weighted by Gasteiger charge is -2.30. The predicted molar refractivity (Wildman–Crippen MR) is 97.0 cm³/mol. The molecule has 1 heterocycles. The van der Waals surface area contributed by atoms with Crippen molar-refractivity contribution in [2.24, 2.45) is 0 Å². The Labute approximate surface area is 166 Å². The molecule has 1 aliphatic heterocycles. The molecule has 1 aromatic carbocycles. The van der Waals surface area contributed by atoms with Gasteiger partial charge in [-0.05, 0) is 30.5 Å². The number of nitrogens with one attached hydrogen (secondary N) is 2. The fourth-order valence-electron chi connectivity index (χ4n) is 3.56. The molecule has 4 amide bonds. The highest BCUT2D eigenvalue weighted by Gasteiger charge is 2.52. The summed E-state index contributed by atoms with van der Waals surface area (Å²) in [4.78, 5) is 48.5. The van der Waals surface area contributed by atoms with Crippen LogP contribution in [0.25, 0.3) is 0 Å². The van der Waals surface area contributed by atoms with Crippen molar-refractivity contribution in [3.63, 3.8) is 0 Å². The Kier molecular flexibility index (Phi) is 6.00. The standard InChI is InChI=1S/C19H22FN3O6/c1-28-14-6-5-12(9-13(14)20)10-16(25)29-11-15(24)22-23-17(26)19(21-18(23)27)7-3-2-4-8-19/h5-6,9H,2-4,7-8,10-11H2,1H3,(H,21,27)(H,22,24). The zero-order valence-corrected chi connectivity index (χ0v) is 16.0. The van der Waals surface area contributed by atoms with Gasteiger partial charge in [0.2, 0.25) is 0 Å². The van der Waals surface area contributed by atoms with Crippen LogP contribution in [0, 0.1) is 5.82 Å². The first-order chi connectivity index (χ1) is 13.8. The maximum Gasteiger partial charge on any atom is 0.344 e. The lowest BCUT2D eigenvalue weighted by molar-refractivity contribution is -0.150. The monoisotopic (exact) mass is 407 g/mol. The van der Waals surface area contributed by atoms with E-state index < -0.39 is 41.8 Å².